The molecule has 1 heterocycles. The summed E-state index contributed by atoms with van der Waals surface area (Å²) in [5.41, 5.74) is 2.54. The molecule has 28 heavy (non-hydrogen) atoms. The van der Waals surface area contributed by atoms with Gasteiger partial charge in [-0.3, -0.25) is 10.1 Å². The van der Waals surface area contributed by atoms with Crippen molar-refractivity contribution in [3.63, 3.8) is 0 Å². The quantitative estimate of drug-likeness (QED) is 0.501. The summed E-state index contributed by atoms with van der Waals surface area (Å²) in [7, 11) is 3.21. The van der Waals surface area contributed by atoms with Crippen LogP contribution in [0.15, 0.2) is 41.2 Å². The Labute approximate surface area is 162 Å². The van der Waals surface area contributed by atoms with Crippen molar-refractivity contribution in [1.29, 1.82) is 0 Å². The number of ether oxygens (including phenoxy) is 2. The third-order valence-corrected chi connectivity index (χ3v) is 4.58. The Hall–Kier alpha value is -3.26. The second-order valence-corrected chi connectivity index (χ2v) is 6.55. The molecule has 2 aromatic carbocycles. The van der Waals surface area contributed by atoms with Gasteiger partial charge in [0.15, 0.2) is 0 Å². The predicted octanol–water partition coefficient (Wildman–Crippen LogP) is 2.55. The SMILES string of the molecule is COc1ccc(OC)c([C@@H](C)N[C@H](C)C(=O)Nc2ccc3[nH]c(=O)[nH]c3c2)c1. The number of benzene rings is 2. The zero-order chi connectivity index (χ0) is 20.3. The Morgan fingerprint density at radius 3 is 2.46 bits per heavy atom. The molecule has 0 spiro atoms. The number of methoxy groups -OCH3 is 2. The van der Waals surface area contributed by atoms with Gasteiger partial charge in [0.05, 0.1) is 31.3 Å². The lowest BCUT2D eigenvalue weighted by atomic mass is 10.1. The minimum atomic E-state index is -0.466. The van der Waals surface area contributed by atoms with Crippen molar-refractivity contribution in [2.75, 3.05) is 19.5 Å². The largest absolute Gasteiger partial charge is 0.497 e. The predicted molar refractivity (Wildman–Crippen MR) is 108 cm³/mol. The third kappa shape index (κ3) is 4.17. The van der Waals surface area contributed by atoms with E-state index in [0.29, 0.717) is 16.7 Å². The van der Waals surface area contributed by atoms with Gasteiger partial charge in [-0.2, -0.15) is 0 Å². The number of amides is 1. The molecule has 8 nitrogen and oxygen atoms in total. The molecule has 0 saturated carbocycles. The van der Waals surface area contributed by atoms with E-state index < -0.39 is 6.04 Å². The highest BCUT2D eigenvalue weighted by Gasteiger charge is 2.19. The monoisotopic (exact) mass is 384 g/mol. The van der Waals surface area contributed by atoms with Crippen LogP contribution in [0, 0.1) is 0 Å². The average Bonchev–Trinajstić information content (AvgIpc) is 3.06. The summed E-state index contributed by atoms with van der Waals surface area (Å²) in [5.74, 6) is 1.25. The van der Waals surface area contributed by atoms with E-state index in [1.54, 1.807) is 39.3 Å². The molecule has 1 amide bonds. The van der Waals surface area contributed by atoms with E-state index in [1.165, 1.54) is 0 Å². The molecule has 148 valence electrons. The van der Waals surface area contributed by atoms with E-state index in [4.69, 9.17) is 9.47 Å². The smallest absolute Gasteiger partial charge is 0.323 e. The fraction of sp³-hybridized carbons (Fsp3) is 0.300. The van der Waals surface area contributed by atoms with Gasteiger partial charge in [-0.1, -0.05) is 0 Å². The highest BCUT2D eigenvalue weighted by atomic mass is 16.5. The molecule has 3 aromatic rings. The van der Waals surface area contributed by atoms with Crippen molar-refractivity contribution < 1.29 is 14.3 Å². The zero-order valence-electron chi connectivity index (χ0n) is 16.3. The van der Waals surface area contributed by atoms with Gasteiger partial charge in [-0.05, 0) is 50.2 Å². The maximum Gasteiger partial charge on any atom is 0.323 e. The van der Waals surface area contributed by atoms with Crippen LogP contribution < -0.4 is 25.8 Å². The van der Waals surface area contributed by atoms with Crippen LogP contribution >= 0.6 is 0 Å². The van der Waals surface area contributed by atoms with Gasteiger partial charge in [0.25, 0.3) is 0 Å². The molecule has 0 aliphatic carbocycles. The van der Waals surface area contributed by atoms with Crippen molar-refractivity contribution in [2.24, 2.45) is 0 Å². The number of imidazole rings is 1. The summed E-state index contributed by atoms with van der Waals surface area (Å²) in [6, 6.07) is 10.1. The summed E-state index contributed by atoms with van der Waals surface area (Å²) in [4.78, 5) is 29.3. The van der Waals surface area contributed by atoms with Gasteiger partial charge in [0.1, 0.15) is 11.5 Å². The molecule has 0 aliphatic heterocycles. The first-order valence-corrected chi connectivity index (χ1v) is 8.92. The van der Waals surface area contributed by atoms with Crippen LogP contribution in [0.4, 0.5) is 5.69 Å². The van der Waals surface area contributed by atoms with E-state index in [-0.39, 0.29) is 17.6 Å². The molecular formula is C20H24N4O4. The van der Waals surface area contributed by atoms with Crippen LogP contribution in [-0.4, -0.2) is 36.1 Å². The van der Waals surface area contributed by atoms with Crippen LogP contribution in [0.1, 0.15) is 25.5 Å². The van der Waals surface area contributed by atoms with Gasteiger partial charge in [-0.25, -0.2) is 4.79 Å². The number of nitrogens with one attached hydrogen (secondary N) is 4. The van der Waals surface area contributed by atoms with Crippen LogP contribution in [0.2, 0.25) is 0 Å². The van der Waals surface area contributed by atoms with Crippen LogP contribution in [0.3, 0.4) is 0 Å². The second kappa shape index (κ2) is 8.18. The number of hydrogen-bond donors (Lipinski definition) is 4. The molecule has 0 bridgehead atoms. The molecular weight excluding hydrogens is 360 g/mol. The molecule has 0 aliphatic rings. The molecule has 0 saturated heterocycles. The maximum atomic E-state index is 12.6. The number of hydrogen-bond acceptors (Lipinski definition) is 5. The molecule has 0 radical (unpaired) electrons. The molecule has 1 aromatic heterocycles. The molecule has 4 N–H and O–H groups in total. The highest BCUT2D eigenvalue weighted by molar-refractivity contribution is 5.96. The first-order valence-electron chi connectivity index (χ1n) is 8.92. The van der Waals surface area contributed by atoms with Gasteiger partial charge in [0.2, 0.25) is 5.91 Å². The highest BCUT2D eigenvalue weighted by Crippen LogP contribution is 2.29. The van der Waals surface area contributed by atoms with Gasteiger partial charge in [-0.15, -0.1) is 0 Å². The number of aromatic amines is 2. The first-order chi connectivity index (χ1) is 13.4. The summed E-state index contributed by atoms with van der Waals surface area (Å²) in [6.07, 6.45) is 0. The topological polar surface area (TPSA) is 108 Å². The first kappa shape index (κ1) is 19.5. The standard InChI is InChI=1S/C20H24N4O4/c1-11(15-10-14(27-3)6-8-18(15)28-4)21-12(2)19(25)22-13-5-7-16-17(9-13)24-20(26)23-16/h5-12,21H,1-4H3,(H,22,25)(H2,23,24,26)/t11-,12-/m1/s1. The Kier molecular flexibility index (Phi) is 5.70. The lowest BCUT2D eigenvalue weighted by Gasteiger charge is -2.22. The van der Waals surface area contributed by atoms with E-state index in [0.717, 1.165) is 17.1 Å². The fourth-order valence-electron chi connectivity index (χ4n) is 3.08. The number of carbonyl (C=O) groups excluding carboxylic acids is 1. The summed E-state index contributed by atoms with van der Waals surface area (Å²) in [5, 5.41) is 6.13. The van der Waals surface area contributed by atoms with Crippen molar-refractivity contribution in [2.45, 2.75) is 25.9 Å². The minimum absolute atomic E-state index is 0.144. The summed E-state index contributed by atoms with van der Waals surface area (Å²) < 4.78 is 10.7. The molecule has 8 heteroatoms. The number of aromatic nitrogens is 2. The van der Waals surface area contributed by atoms with Crippen molar-refractivity contribution in [1.82, 2.24) is 15.3 Å². The van der Waals surface area contributed by atoms with Crippen molar-refractivity contribution >= 4 is 22.6 Å². The fourth-order valence-corrected chi connectivity index (χ4v) is 3.08. The van der Waals surface area contributed by atoms with E-state index in [2.05, 4.69) is 20.6 Å². The molecule has 2 atom stereocenters. The Morgan fingerprint density at radius 2 is 1.75 bits per heavy atom. The Balaban J connectivity index is 1.70. The number of anilines is 1. The normalized spacial score (nSPS) is 13.1. The average molecular weight is 384 g/mol. The molecule has 0 unspecified atom stereocenters. The van der Waals surface area contributed by atoms with E-state index in [1.807, 2.05) is 25.1 Å². The number of H-pyrrole nitrogens is 2. The van der Waals surface area contributed by atoms with Crippen LogP contribution in [0.5, 0.6) is 11.5 Å². The Morgan fingerprint density at radius 1 is 1.00 bits per heavy atom. The van der Waals surface area contributed by atoms with Crippen molar-refractivity contribution in [3.8, 4) is 11.5 Å². The summed E-state index contributed by atoms with van der Waals surface area (Å²) in [6.45, 7) is 3.74. The zero-order valence-corrected chi connectivity index (χ0v) is 16.3. The maximum absolute atomic E-state index is 12.6. The minimum Gasteiger partial charge on any atom is -0.497 e. The lowest BCUT2D eigenvalue weighted by molar-refractivity contribution is -0.117. The summed E-state index contributed by atoms with van der Waals surface area (Å²) >= 11 is 0. The van der Waals surface area contributed by atoms with Gasteiger partial charge < -0.3 is 24.8 Å². The van der Waals surface area contributed by atoms with E-state index in [9.17, 15) is 9.59 Å². The van der Waals surface area contributed by atoms with Crippen LogP contribution in [-0.2, 0) is 4.79 Å². The van der Waals surface area contributed by atoms with Crippen molar-refractivity contribution in [3.05, 3.63) is 52.4 Å². The van der Waals surface area contributed by atoms with Gasteiger partial charge >= 0.3 is 5.69 Å². The number of rotatable bonds is 7. The Bertz CT molecular complexity index is 1040. The van der Waals surface area contributed by atoms with Gasteiger partial charge in [0, 0.05) is 17.3 Å². The number of carbonyl (C=O) groups is 1. The molecule has 3 rings (SSSR count). The second-order valence-electron chi connectivity index (χ2n) is 6.55. The van der Waals surface area contributed by atoms with E-state index >= 15 is 0 Å². The molecule has 0 fully saturated rings. The van der Waals surface area contributed by atoms with Crippen LogP contribution in [0.25, 0.3) is 11.0 Å². The lowest BCUT2D eigenvalue weighted by Crippen LogP contribution is -2.39. The third-order valence-electron chi connectivity index (χ3n) is 4.58. The number of fused-ring (bicyclic) bond motifs is 1.